The van der Waals surface area contributed by atoms with Crippen LogP contribution in [-0.4, -0.2) is 14.7 Å². The lowest BCUT2D eigenvalue weighted by molar-refractivity contribution is -0.181. The summed E-state index contributed by atoms with van der Waals surface area (Å²) in [5, 5.41) is 8.06. The maximum atomic E-state index is 11.2. The molecule has 0 spiro atoms. The smallest absolute Gasteiger partial charge is 0.362 e. The molecule has 0 amide bonds. The second-order valence-electron chi connectivity index (χ2n) is 1.04. The number of hydrogen-bond acceptors (Lipinski definition) is 1. The van der Waals surface area contributed by atoms with Crippen molar-refractivity contribution in [1.29, 1.82) is 0 Å². The molecule has 8 heavy (non-hydrogen) atoms. The van der Waals surface area contributed by atoms with E-state index in [1.165, 1.54) is 0 Å². The molecule has 0 fully saturated rings. The van der Waals surface area contributed by atoms with Crippen LogP contribution in [0.4, 0.5) is 13.2 Å². The molecular formula is C2HBr2F3O. The van der Waals surface area contributed by atoms with Crippen LogP contribution >= 0.6 is 31.9 Å². The maximum absolute atomic E-state index is 11.2. The molecule has 0 atom stereocenters. The zero-order valence-electron chi connectivity index (χ0n) is 3.34. The summed E-state index contributed by atoms with van der Waals surface area (Å²) in [4.78, 5) is 0. The van der Waals surface area contributed by atoms with Gasteiger partial charge in [0.05, 0.1) is 0 Å². The second-order valence-corrected chi connectivity index (χ2v) is 4.40. The molecule has 0 aromatic heterocycles. The molecule has 50 valence electrons. The number of halogens is 5. The second kappa shape index (κ2) is 2.15. The average Bonchev–Trinajstić information content (AvgIpc) is 1.25. The fraction of sp³-hybridized carbons (Fsp3) is 1.00. The highest BCUT2D eigenvalue weighted by Gasteiger charge is 2.50. The highest BCUT2D eigenvalue weighted by Crippen LogP contribution is 2.40. The van der Waals surface area contributed by atoms with Gasteiger partial charge in [-0.15, -0.1) is 0 Å². The van der Waals surface area contributed by atoms with Crippen molar-refractivity contribution in [1.82, 2.24) is 0 Å². The van der Waals surface area contributed by atoms with Gasteiger partial charge in [0, 0.05) is 0 Å². The predicted octanol–water partition coefficient (Wildman–Crippen LogP) is 1.98. The molecule has 0 saturated carbocycles. The van der Waals surface area contributed by atoms with Crippen LogP contribution < -0.4 is 0 Å². The Balaban J connectivity index is 4.02. The Labute approximate surface area is 60.1 Å². The fourth-order valence-electron chi connectivity index (χ4n) is 0. The Morgan fingerprint density at radius 3 is 1.25 bits per heavy atom. The number of aliphatic hydroxyl groups is 1. The van der Waals surface area contributed by atoms with E-state index in [-0.39, 0.29) is 0 Å². The van der Waals surface area contributed by atoms with Crippen LogP contribution in [0.5, 0.6) is 0 Å². The molecule has 0 aromatic rings. The van der Waals surface area contributed by atoms with Crippen LogP contribution in [-0.2, 0) is 0 Å². The summed E-state index contributed by atoms with van der Waals surface area (Å²) in [7, 11) is 0. The van der Waals surface area contributed by atoms with Crippen LogP contribution in [0, 0.1) is 0 Å². The molecule has 1 N–H and O–H groups in total. The van der Waals surface area contributed by atoms with E-state index < -0.39 is 9.60 Å². The summed E-state index contributed by atoms with van der Waals surface area (Å²) >= 11 is 3.89. The molecule has 0 heterocycles. The van der Waals surface area contributed by atoms with Gasteiger partial charge < -0.3 is 5.11 Å². The molecule has 0 unspecified atom stereocenters. The SMILES string of the molecule is OC(Br)(Br)C(F)(F)F. The minimum atomic E-state index is -4.67. The van der Waals surface area contributed by atoms with Crippen molar-refractivity contribution in [3.63, 3.8) is 0 Å². The number of rotatable bonds is 0. The molecule has 0 radical (unpaired) electrons. The normalized spacial score (nSPS) is 14.2. The Kier molecular flexibility index (Phi) is 2.34. The Bertz CT molecular complexity index is 70.3. The molecule has 0 saturated heterocycles. The fourth-order valence-corrected chi connectivity index (χ4v) is 0. The van der Waals surface area contributed by atoms with Crippen molar-refractivity contribution in [3.8, 4) is 0 Å². The highest BCUT2D eigenvalue weighted by molar-refractivity contribution is 9.25. The first-order valence-electron chi connectivity index (χ1n) is 1.42. The van der Waals surface area contributed by atoms with Crippen LogP contribution in [0.3, 0.4) is 0 Å². The van der Waals surface area contributed by atoms with Crippen molar-refractivity contribution in [2.45, 2.75) is 9.60 Å². The number of hydrogen-bond donors (Lipinski definition) is 1. The van der Waals surface area contributed by atoms with Gasteiger partial charge in [0.25, 0.3) is 3.42 Å². The van der Waals surface area contributed by atoms with E-state index in [0.717, 1.165) is 0 Å². The molecule has 0 aliphatic rings. The van der Waals surface area contributed by atoms with Crippen molar-refractivity contribution in [3.05, 3.63) is 0 Å². The van der Waals surface area contributed by atoms with Gasteiger partial charge in [-0.05, 0) is 31.9 Å². The monoisotopic (exact) mass is 256 g/mol. The summed E-state index contributed by atoms with van der Waals surface area (Å²) < 4.78 is 30.7. The van der Waals surface area contributed by atoms with Crippen LogP contribution in [0.2, 0.25) is 0 Å². The van der Waals surface area contributed by atoms with E-state index in [0.29, 0.717) is 0 Å². The average molecular weight is 258 g/mol. The molecule has 0 bridgehead atoms. The topological polar surface area (TPSA) is 20.2 Å². The van der Waals surface area contributed by atoms with E-state index >= 15 is 0 Å². The van der Waals surface area contributed by atoms with E-state index in [4.69, 9.17) is 5.11 Å². The molecule has 0 aromatic carbocycles. The van der Waals surface area contributed by atoms with Crippen molar-refractivity contribution in [2.24, 2.45) is 0 Å². The summed E-state index contributed by atoms with van der Waals surface area (Å²) in [6.45, 7) is 0. The molecule has 0 rings (SSSR count). The Hall–Kier alpha value is 0.710. The van der Waals surface area contributed by atoms with Crippen molar-refractivity contribution < 1.29 is 18.3 Å². The first kappa shape index (κ1) is 8.71. The largest absolute Gasteiger partial charge is 0.438 e. The molecule has 6 heteroatoms. The molecule has 1 nitrogen and oxygen atoms in total. The van der Waals surface area contributed by atoms with E-state index in [2.05, 4.69) is 0 Å². The Morgan fingerprint density at radius 1 is 1.12 bits per heavy atom. The summed E-state index contributed by atoms with van der Waals surface area (Å²) in [5.74, 6) is 0. The van der Waals surface area contributed by atoms with Crippen molar-refractivity contribution in [2.75, 3.05) is 0 Å². The summed E-state index contributed by atoms with van der Waals surface area (Å²) in [6, 6.07) is 0. The zero-order valence-corrected chi connectivity index (χ0v) is 6.51. The van der Waals surface area contributed by atoms with Gasteiger partial charge in [-0.25, -0.2) is 0 Å². The predicted molar refractivity (Wildman–Crippen MR) is 28.9 cm³/mol. The minimum Gasteiger partial charge on any atom is -0.362 e. The van der Waals surface area contributed by atoms with Gasteiger partial charge in [-0.2, -0.15) is 13.2 Å². The third-order valence-corrected chi connectivity index (χ3v) is 1.24. The zero-order chi connectivity index (χ0) is 7.00. The lowest BCUT2D eigenvalue weighted by Gasteiger charge is -2.15. The van der Waals surface area contributed by atoms with Crippen LogP contribution in [0.15, 0.2) is 0 Å². The summed E-state index contributed by atoms with van der Waals surface area (Å²) in [6.07, 6.45) is -4.67. The first-order chi connectivity index (χ1) is 3.25. The molecular weight excluding hydrogens is 257 g/mol. The standard InChI is InChI=1S/C2HBr2F3O/c3-1(4,8)2(5,6)7/h8H. The van der Waals surface area contributed by atoms with Crippen LogP contribution in [0.25, 0.3) is 0 Å². The minimum absolute atomic E-state index is 1.95. The first-order valence-corrected chi connectivity index (χ1v) is 3.00. The van der Waals surface area contributed by atoms with Gasteiger partial charge >= 0.3 is 6.18 Å². The van der Waals surface area contributed by atoms with Gasteiger partial charge in [-0.1, -0.05) is 0 Å². The van der Waals surface area contributed by atoms with E-state index in [1.54, 1.807) is 0 Å². The van der Waals surface area contributed by atoms with Crippen LogP contribution in [0.1, 0.15) is 0 Å². The third-order valence-electron chi connectivity index (χ3n) is 0.341. The van der Waals surface area contributed by atoms with Crippen molar-refractivity contribution >= 4 is 31.9 Å². The lowest BCUT2D eigenvalue weighted by Crippen LogP contribution is -2.32. The van der Waals surface area contributed by atoms with E-state index in [9.17, 15) is 13.2 Å². The quantitative estimate of drug-likeness (QED) is 0.658. The molecule has 0 aliphatic carbocycles. The highest BCUT2D eigenvalue weighted by atomic mass is 79.9. The van der Waals surface area contributed by atoms with Gasteiger partial charge in [0.2, 0.25) is 0 Å². The Morgan fingerprint density at radius 2 is 1.25 bits per heavy atom. The third kappa shape index (κ3) is 2.32. The van der Waals surface area contributed by atoms with Gasteiger partial charge in [-0.3, -0.25) is 0 Å². The number of alkyl halides is 5. The van der Waals surface area contributed by atoms with Gasteiger partial charge in [0.15, 0.2) is 0 Å². The van der Waals surface area contributed by atoms with Gasteiger partial charge in [0.1, 0.15) is 0 Å². The maximum Gasteiger partial charge on any atom is 0.438 e. The molecule has 0 aliphatic heterocycles. The summed E-state index contributed by atoms with van der Waals surface area (Å²) in [5.41, 5.74) is 0. The lowest BCUT2D eigenvalue weighted by atomic mass is 10.7. The van der Waals surface area contributed by atoms with E-state index in [1.807, 2.05) is 31.9 Å².